The van der Waals surface area contributed by atoms with E-state index < -0.39 is 5.60 Å². The topological polar surface area (TPSA) is 33.1 Å². The summed E-state index contributed by atoms with van der Waals surface area (Å²) in [5.74, 6) is 1.22. The molecule has 1 saturated carbocycles. The lowest BCUT2D eigenvalue weighted by Gasteiger charge is -2.38. The molecule has 0 saturated heterocycles. The van der Waals surface area contributed by atoms with Gasteiger partial charge in [-0.2, -0.15) is 0 Å². The molecule has 0 radical (unpaired) electrons. The third-order valence-corrected chi connectivity index (χ3v) is 4.03. The van der Waals surface area contributed by atoms with Crippen molar-refractivity contribution >= 4 is 15.9 Å². The molecule has 1 aromatic heterocycles. The molecule has 0 aromatic carbocycles. The van der Waals surface area contributed by atoms with E-state index in [1.807, 2.05) is 12.1 Å². The average molecular weight is 298 g/mol. The number of aromatic nitrogens is 1. The van der Waals surface area contributed by atoms with E-state index in [2.05, 4.69) is 34.8 Å². The van der Waals surface area contributed by atoms with Crippen molar-refractivity contribution in [1.82, 2.24) is 4.98 Å². The highest BCUT2D eigenvalue weighted by molar-refractivity contribution is 9.10. The molecule has 17 heavy (non-hydrogen) atoms. The van der Waals surface area contributed by atoms with Crippen LogP contribution in [0.2, 0.25) is 0 Å². The predicted molar refractivity (Wildman–Crippen MR) is 72.8 cm³/mol. The third kappa shape index (κ3) is 3.52. The molecule has 0 aliphatic heterocycles. The number of nitrogens with zero attached hydrogens (tertiary/aromatic N) is 1. The van der Waals surface area contributed by atoms with Crippen LogP contribution < -0.4 is 0 Å². The van der Waals surface area contributed by atoms with Gasteiger partial charge in [0.15, 0.2) is 0 Å². The van der Waals surface area contributed by atoms with Gasteiger partial charge in [-0.3, -0.25) is 4.98 Å². The van der Waals surface area contributed by atoms with Crippen LogP contribution in [0.4, 0.5) is 0 Å². The van der Waals surface area contributed by atoms with Gasteiger partial charge in [-0.25, -0.2) is 0 Å². The molecule has 3 heteroatoms. The fraction of sp³-hybridized carbons (Fsp3) is 0.643. The van der Waals surface area contributed by atoms with Crippen molar-refractivity contribution in [2.75, 3.05) is 0 Å². The molecule has 1 aliphatic rings. The van der Waals surface area contributed by atoms with Crippen LogP contribution in [0, 0.1) is 11.8 Å². The smallest absolute Gasteiger partial charge is 0.0708 e. The summed E-state index contributed by atoms with van der Waals surface area (Å²) >= 11 is 3.38. The zero-order chi connectivity index (χ0) is 12.5. The van der Waals surface area contributed by atoms with E-state index in [1.54, 1.807) is 6.20 Å². The Morgan fingerprint density at radius 1 is 1.35 bits per heavy atom. The van der Waals surface area contributed by atoms with E-state index >= 15 is 0 Å². The van der Waals surface area contributed by atoms with Crippen LogP contribution in [0.15, 0.2) is 22.8 Å². The number of halogens is 1. The highest BCUT2D eigenvalue weighted by atomic mass is 79.9. The van der Waals surface area contributed by atoms with Gasteiger partial charge in [-0.15, -0.1) is 0 Å². The normalized spacial score (nSPS) is 33.6. The van der Waals surface area contributed by atoms with E-state index in [9.17, 15) is 5.11 Å². The average Bonchev–Trinajstić information content (AvgIpc) is 2.19. The van der Waals surface area contributed by atoms with Crippen molar-refractivity contribution in [2.24, 2.45) is 11.8 Å². The first-order chi connectivity index (χ1) is 7.97. The molecule has 1 fully saturated rings. The van der Waals surface area contributed by atoms with Crippen molar-refractivity contribution < 1.29 is 5.11 Å². The summed E-state index contributed by atoms with van der Waals surface area (Å²) in [6.45, 7) is 4.46. The lowest BCUT2D eigenvalue weighted by atomic mass is 9.72. The highest BCUT2D eigenvalue weighted by Crippen LogP contribution is 2.37. The first-order valence-corrected chi connectivity index (χ1v) is 7.09. The van der Waals surface area contributed by atoms with Crippen LogP contribution in [0.1, 0.15) is 38.8 Å². The molecule has 2 nitrogen and oxygen atoms in total. The minimum atomic E-state index is -0.558. The monoisotopic (exact) mass is 297 g/mol. The van der Waals surface area contributed by atoms with Gasteiger partial charge in [0.05, 0.1) is 5.60 Å². The predicted octanol–water partition coefficient (Wildman–Crippen LogP) is 3.57. The van der Waals surface area contributed by atoms with Gasteiger partial charge >= 0.3 is 0 Å². The van der Waals surface area contributed by atoms with Gasteiger partial charge in [-0.1, -0.05) is 13.8 Å². The van der Waals surface area contributed by atoms with E-state index in [0.717, 1.165) is 23.0 Å². The van der Waals surface area contributed by atoms with Gasteiger partial charge in [0.2, 0.25) is 0 Å². The third-order valence-electron chi connectivity index (χ3n) is 3.56. The Labute approximate surface area is 112 Å². The molecule has 1 heterocycles. The van der Waals surface area contributed by atoms with Crippen molar-refractivity contribution in [3.63, 3.8) is 0 Å². The Kier molecular flexibility index (Phi) is 3.88. The molecule has 0 bridgehead atoms. The van der Waals surface area contributed by atoms with Crippen molar-refractivity contribution in [3.8, 4) is 0 Å². The zero-order valence-electron chi connectivity index (χ0n) is 10.5. The first kappa shape index (κ1) is 13.0. The lowest BCUT2D eigenvalue weighted by Crippen LogP contribution is -2.40. The maximum Gasteiger partial charge on any atom is 0.0708 e. The second-order valence-electron chi connectivity index (χ2n) is 5.72. The van der Waals surface area contributed by atoms with Crippen molar-refractivity contribution in [1.29, 1.82) is 0 Å². The Morgan fingerprint density at radius 3 is 2.53 bits per heavy atom. The van der Waals surface area contributed by atoms with Gasteiger partial charge in [0.25, 0.3) is 0 Å². The summed E-state index contributed by atoms with van der Waals surface area (Å²) in [5.41, 5.74) is 0.426. The summed E-state index contributed by atoms with van der Waals surface area (Å²) in [7, 11) is 0. The standard InChI is InChI=1S/C14H20BrNO/c1-10-5-11(2)7-14(17,6-10)8-13-4-3-12(15)9-16-13/h3-4,9-11,17H,5-8H2,1-2H3. The summed E-state index contributed by atoms with van der Waals surface area (Å²) in [6.07, 6.45) is 5.50. The van der Waals surface area contributed by atoms with Crippen LogP contribution in [0.25, 0.3) is 0 Å². The van der Waals surface area contributed by atoms with Crippen molar-refractivity contribution in [2.45, 2.75) is 45.1 Å². The molecule has 2 atom stereocenters. The Hall–Kier alpha value is -0.410. The molecular weight excluding hydrogens is 278 g/mol. The number of hydrogen-bond donors (Lipinski definition) is 1. The largest absolute Gasteiger partial charge is 0.389 e. The Bertz CT molecular complexity index is 366. The summed E-state index contributed by atoms with van der Waals surface area (Å²) in [5, 5.41) is 10.7. The summed E-state index contributed by atoms with van der Waals surface area (Å²) in [6, 6.07) is 3.98. The number of hydrogen-bond acceptors (Lipinski definition) is 2. The van der Waals surface area contributed by atoms with Gasteiger partial charge in [0.1, 0.15) is 0 Å². The van der Waals surface area contributed by atoms with Crippen LogP contribution in [0.3, 0.4) is 0 Å². The molecule has 0 amide bonds. The Balaban J connectivity index is 2.08. The molecule has 2 rings (SSSR count). The SMILES string of the molecule is CC1CC(C)CC(O)(Cc2ccc(Br)cn2)C1. The number of pyridine rings is 1. The quantitative estimate of drug-likeness (QED) is 0.905. The molecule has 94 valence electrons. The first-order valence-electron chi connectivity index (χ1n) is 6.30. The van der Waals surface area contributed by atoms with Gasteiger partial charge in [0, 0.05) is 22.8 Å². The highest BCUT2D eigenvalue weighted by Gasteiger charge is 2.36. The van der Waals surface area contributed by atoms with Gasteiger partial charge < -0.3 is 5.11 Å². The maximum absolute atomic E-state index is 10.7. The molecule has 2 unspecified atom stereocenters. The van der Waals surface area contributed by atoms with E-state index in [1.165, 1.54) is 6.42 Å². The van der Waals surface area contributed by atoms with Crippen molar-refractivity contribution in [3.05, 3.63) is 28.5 Å². The summed E-state index contributed by atoms with van der Waals surface area (Å²) in [4.78, 5) is 4.36. The van der Waals surface area contributed by atoms with E-state index in [0.29, 0.717) is 18.3 Å². The minimum Gasteiger partial charge on any atom is -0.389 e. The number of aliphatic hydroxyl groups is 1. The van der Waals surface area contributed by atoms with Gasteiger partial charge in [-0.05, 0) is 59.2 Å². The van der Waals surface area contributed by atoms with Crippen LogP contribution in [-0.4, -0.2) is 15.7 Å². The second-order valence-corrected chi connectivity index (χ2v) is 6.64. The molecule has 1 aliphatic carbocycles. The fourth-order valence-corrected chi connectivity index (χ4v) is 3.46. The van der Waals surface area contributed by atoms with Crippen LogP contribution >= 0.6 is 15.9 Å². The molecule has 1 N–H and O–H groups in total. The van der Waals surface area contributed by atoms with E-state index in [4.69, 9.17) is 0 Å². The maximum atomic E-state index is 10.7. The minimum absolute atomic E-state index is 0.558. The lowest BCUT2D eigenvalue weighted by molar-refractivity contribution is -0.0311. The summed E-state index contributed by atoms with van der Waals surface area (Å²) < 4.78 is 0.985. The van der Waals surface area contributed by atoms with E-state index in [-0.39, 0.29) is 0 Å². The fourth-order valence-electron chi connectivity index (χ4n) is 3.23. The molecule has 1 aromatic rings. The molecular formula is C14H20BrNO. The van der Waals surface area contributed by atoms with Crippen LogP contribution in [-0.2, 0) is 6.42 Å². The molecule has 0 spiro atoms. The van der Waals surface area contributed by atoms with Crippen LogP contribution in [0.5, 0.6) is 0 Å². The second kappa shape index (κ2) is 5.07. The zero-order valence-corrected chi connectivity index (χ0v) is 12.1. The number of rotatable bonds is 2. The Morgan fingerprint density at radius 2 is 2.00 bits per heavy atom.